The molecule has 0 aliphatic heterocycles. The van der Waals surface area contributed by atoms with Gasteiger partial charge >= 0.3 is 11.6 Å². The van der Waals surface area contributed by atoms with Crippen LogP contribution in [0.4, 0.5) is 0 Å². The molecule has 9 heteroatoms. The molecule has 4 aromatic rings. The molecular formula is C25H22BrNO6S. The van der Waals surface area contributed by atoms with E-state index in [-0.39, 0.29) is 12.0 Å². The fourth-order valence-electron chi connectivity index (χ4n) is 3.87. The first-order valence-corrected chi connectivity index (χ1v) is 12.7. The highest BCUT2D eigenvalue weighted by molar-refractivity contribution is 9.10. The largest absolute Gasteiger partial charge is 0.480 e. The number of aliphatic carboxylic acids is 1. The van der Waals surface area contributed by atoms with E-state index in [9.17, 15) is 19.5 Å². The van der Waals surface area contributed by atoms with Gasteiger partial charge in [-0.25, -0.2) is 9.59 Å². The molecule has 0 saturated carbocycles. The first-order chi connectivity index (χ1) is 16.3. The molecule has 0 bridgehead atoms. The Bertz CT molecular complexity index is 1440. The summed E-state index contributed by atoms with van der Waals surface area (Å²) >= 11 is 4.93. The average Bonchev–Trinajstić information content (AvgIpc) is 3.21. The minimum Gasteiger partial charge on any atom is -0.480 e. The van der Waals surface area contributed by atoms with Crippen molar-refractivity contribution in [1.82, 2.24) is 5.32 Å². The van der Waals surface area contributed by atoms with Gasteiger partial charge in [-0.3, -0.25) is 4.79 Å². The summed E-state index contributed by atoms with van der Waals surface area (Å²) in [6, 6.07) is 10.4. The number of rotatable bonds is 8. The van der Waals surface area contributed by atoms with E-state index in [1.165, 1.54) is 11.8 Å². The minimum absolute atomic E-state index is 0.201. The van der Waals surface area contributed by atoms with Gasteiger partial charge in [0.15, 0.2) is 0 Å². The topological polar surface area (TPSA) is 110 Å². The third-order valence-electron chi connectivity index (χ3n) is 5.72. The number of carboxylic acid groups (broad SMARTS) is 1. The van der Waals surface area contributed by atoms with Gasteiger partial charge in [-0.15, -0.1) is 0 Å². The lowest BCUT2D eigenvalue weighted by atomic mass is 9.99. The molecule has 1 amide bonds. The van der Waals surface area contributed by atoms with E-state index >= 15 is 0 Å². The molecular weight excluding hydrogens is 522 g/mol. The van der Waals surface area contributed by atoms with Crippen LogP contribution >= 0.6 is 27.7 Å². The molecule has 1 atom stereocenters. The molecule has 2 heterocycles. The van der Waals surface area contributed by atoms with E-state index in [0.717, 1.165) is 21.0 Å². The van der Waals surface area contributed by atoms with Crippen LogP contribution in [0.1, 0.15) is 17.5 Å². The number of furan rings is 1. The highest BCUT2D eigenvalue weighted by atomic mass is 79.9. The van der Waals surface area contributed by atoms with Crippen LogP contribution in [0.15, 0.2) is 60.8 Å². The molecule has 176 valence electrons. The van der Waals surface area contributed by atoms with Crippen molar-refractivity contribution in [3.05, 3.63) is 68.7 Å². The van der Waals surface area contributed by atoms with Crippen LogP contribution in [0.5, 0.6) is 0 Å². The zero-order valence-corrected chi connectivity index (χ0v) is 20.9. The second-order valence-electron chi connectivity index (χ2n) is 7.91. The van der Waals surface area contributed by atoms with Gasteiger partial charge in [-0.2, -0.15) is 11.8 Å². The predicted octanol–water partition coefficient (Wildman–Crippen LogP) is 5.14. The number of nitrogens with one attached hydrogen (secondary N) is 1. The molecule has 0 aliphatic rings. The minimum atomic E-state index is -1.10. The quantitative estimate of drug-likeness (QED) is 0.296. The van der Waals surface area contributed by atoms with Gasteiger partial charge in [-0.05, 0) is 54.7 Å². The van der Waals surface area contributed by atoms with Crippen LogP contribution in [0, 0.1) is 6.92 Å². The Labute approximate surface area is 207 Å². The van der Waals surface area contributed by atoms with Crippen molar-refractivity contribution in [3.8, 4) is 11.1 Å². The molecule has 7 nitrogen and oxygen atoms in total. The summed E-state index contributed by atoms with van der Waals surface area (Å²) in [5, 5.41) is 13.4. The molecule has 1 unspecified atom stereocenters. The summed E-state index contributed by atoms with van der Waals surface area (Å²) in [4.78, 5) is 36.7. The van der Waals surface area contributed by atoms with E-state index in [0.29, 0.717) is 34.3 Å². The molecule has 2 aromatic heterocycles. The van der Waals surface area contributed by atoms with Crippen LogP contribution in [-0.4, -0.2) is 35.0 Å². The lowest BCUT2D eigenvalue weighted by molar-refractivity contribution is -0.141. The zero-order chi connectivity index (χ0) is 24.4. The van der Waals surface area contributed by atoms with E-state index in [1.807, 2.05) is 36.6 Å². The highest BCUT2D eigenvalue weighted by Crippen LogP contribution is 2.35. The number of amides is 1. The Morgan fingerprint density at radius 1 is 1.15 bits per heavy atom. The van der Waals surface area contributed by atoms with Crippen molar-refractivity contribution < 1.29 is 23.5 Å². The molecule has 0 aliphatic carbocycles. The standard InChI is InChI=1S/C25H22BrNO6S/c1-13-16-9-18-19(14-3-5-15(26)6-4-14)12-32-21(18)11-22(16)33-25(31)17(13)10-23(28)27-20(24(29)30)7-8-34-2/h3-6,9,11-12,20H,7-8,10H2,1-2H3,(H,27,28)(H,29,30). The molecule has 0 spiro atoms. The molecule has 0 radical (unpaired) electrons. The fourth-order valence-corrected chi connectivity index (χ4v) is 4.60. The second kappa shape index (κ2) is 10.1. The molecule has 0 fully saturated rings. The molecule has 4 rings (SSSR count). The second-order valence-corrected chi connectivity index (χ2v) is 9.81. The number of aryl methyl sites for hydroxylation is 1. The summed E-state index contributed by atoms with van der Waals surface area (Å²) in [5.74, 6) is -1.05. The maximum absolute atomic E-state index is 12.7. The number of hydrogen-bond donors (Lipinski definition) is 2. The number of carboxylic acids is 1. The summed E-state index contributed by atoms with van der Waals surface area (Å²) in [7, 11) is 0. The van der Waals surface area contributed by atoms with E-state index in [1.54, 1.807) is 19.3 Å². The Kier molecular flexibility index (Phi) is 7.13. The SMILES string of the molecule is CSCCC(NC(=O)Cc1c(C)c2cc3c(-c4ccc(Br)cc4)coc3cc2oc1=O)C(=O)O. The number of thioether (sulfide) groups is 1. The van der Waals surface area contributed by atoms with Gasteiger partial charge in [0.05, 0.1) is 18.2 Å². The Morgan fingerprint density at radius 3 is 2.56 bits per heavy atom. The van der Waals surface area contributed by atoms with Crippen LogP contribution in [0.25, 0.3) is 33.1 Å². The maximum Gasteiger partial charge on any atom is 0.340 e. The number of fused-ring (bicyclic) bond motifs is 2. The summed E-state index contributed by atoms with van der Waals surface area (Å²) in [6.07, 6.45) is 3.56. The first kappa shape index (κ1) is 24.1. The molecule has 2 N–H and O–H groups in total. The third-order valence-corrected chi connectivity index (χ3v) is 6.89. The van der Waals surface area contributed by atoms with Gasteiger partial charge < -0.3 is 19.3 Å². The lowest BCUT2D eigenvalue weighted by Gasteiger charge is -2.14. The zero-order valence-electron chi connectivity index (χ0n) is 18.5. The summed E-state index contributed by atoms with van der Waals surface area (Å²) in [6.45, 7) is 1.76. The van der Waals surface area contributed by atoms with Crippen molar-refractivity contribution in [1.29, 1.82) is 0 Å². The van der Waals surface area contributed by atoms with Crippen molar-refractivity contribution in [2.75, 3.05) is 12.0 Å². The Morgan fingerprint density at radius 2 is 1.88 bits per heavy atom. The lowest BCUT2D eigenvalue weighted by Crippen LogP contribution is -2.42. The highest BCUT2D eigenvalue weighted by Gasteiger charge is 2.22. The number of carbonyl (C=O) groups excluding carboxylic acids is 1. The summed E-state index contributed by atoms with van der Waals surface area (Å²) < 4.78 is 12.2. The third kappa shape index (κ3) is 4.90. The van der Waals surface area contributed by atoms with Crippen molar-refractivity contribution in [2.45, 2.75) is 25.8 Å². The van der Waals surface area contributed by atoms with Gasteiger partial charge in [0.2, 0.25) is 5.91 Å². The van der Waals surface area contributed by atoms with Gasteiger partial charge in [0, 0.05) is 26.9 Å². The van der Waals surface area contributed by atoms with E-state index in [2.05, 4.69) is 21.2 Å². The van der Waals surface area contributed by atoms with Crippen LogP contribution < -0.4 is 10.9 Å². The van der Waals surface area contributed by atoms with Crippen LogP contribution in [-0.2, 0) is 16.0 Å². The smallest absolute Gasteiger partial charge is 0.340 e. The Balaban J connectivity index is 1.71. The molecule has 0 saturated heterocycles. The maximum atomic E-state index is 12.7. The first-order valence-electron chi connectivity index (χ1n) is 10.5. The number of benzene rings is 2. The summed E-state index contributed by atoms with van der Waals surface area (Å²) in [5.41, 5.74) is 2.99. The van der Waals surface area contributed by atoms with Gasteiger partial charge in [-0.1, -0.05) is 28.1 Å². The van der Waals surface area contributed by atoms with Crippen LogP contribution in [0.2, 0.25) is 0 Å². The van der Waals surface area contributed by atoms with Crippen molar-refractivity contribution in [3.63, 3.8) is 0 Å². The van der Waals surface area contributed by atoms with E-state index < -0.39 is 23.5 Å². The fraction of sp³-hybridized carbons (Fsp3) is 0.240. The van der Waals surface area contributed by atoms with Crippen molar-refractivity contribution in [2.24, 2.45) is 0 Å². The van der Waals surface area contributed by atoms with Gasteiger partial charge in [0.1, 0.15) is 17.2 Å². The average molecular weight is 544 g/mol. The number of halogens is 1. The van der Waals surface area contributed by atoms with Crippen LogP contribution in [0.3, 0.4) is 0 Å². The number of carbonyl (C=O) groups is 2. The molecule has 34 heavy (non-hydrogen) atoms. The normalized spacial score (nSPS) is 12.2. The monoisotopic (exact) mass is 543 g/mol. The van der Waals surface area contributed by atoms with Gasteiger partial charge in [0.25, 0.3) is 0 Å². The number of hydrogen-bond acceptors (Lipinski definition) is 6. The Hall–Kier alpha value is -3.04. The predicted molar refractivity (Wildman–Crippen MR) is 136 cm³/mol. The van der Waals surface area contributed by atoms with Crippen molar-refractivity contribution >= 4 is 61.5 Å². The molecule has 2 aromatic carbocycles. The van der Waals surface area contributed by atoms with E-state index in [4.69, 9.17) is 8.83 Å².